The van der Waals surface area contributed by atoms with Crippen LogP contribution in [0.4, 0.5) is 19.3 Å². The standard InChI is InChI=1S/C16H21F2NO2Si/c1-16(2,3)21-15(20)19-14-11(7-8-22(4,5)6)9-12(17)10-13(14)18/h9-10H,1-6H3,(H,19,20). The highest BCUT2D eigenvalue weighted by atomic mass is 28.3. The third-order valence-corrected chi connectivity index (χ3v) is 3.13. The van der Waals surface area contributed by atoms with Crippen molar-refractivity contribution in [3.63, 3.8) is 0 Å². The maximum Gasteiger partial charge on any atom is 0.412 e. The second-order valence-electron chi connectivity index (χ2n) is 6.94. The van der Waals surface area contributed by atoms with E-state index >= 15 is 0 Å². The zero-order valence-electron chi connectivity index (χ0n) is 13.7. The maximum absolute atomic E-state index is 14.0. The van der Waals surface area contributed by atoms with E-state index in [1.807, 2.05) is 19.6 Å². The van der Waals surface area contributed by atoms with Gasteiger partial charge >= 0.3 is 6.09 Å². The number of rotatable bonds is 1. The van der Waals surface area contributed by atoms with Gasteiger partial charge < -0.3 is 4.74 Å². The summed E-state index contributed by atoms with van der Waals surface area (Å²) in [4.78, 5) is 11.8. The van der Waals surface area contributed by atoms with E-state index in [1.54, 1.807) is 20.8 Å². The molecular formula is C16H21F2NO2Si. The lowest BCUT2D eigenvalue weighted by atomic mass is 10.1. The minimum atomic E-state index is -1.73. The summed E-state index contributed by atoms with van der Waals surface area (Å²) >= 11 is 0. The van der Waals surface area contributed by atoms with Crippen LogP contribution in [0.25, 0.3) is 0 Å². The summed E-state index contributed by atoms with van der Waals surface area (Å²) in [7, 11) is -1.73. The molecule has 0 fully saturated rings. The fourth-order valence-corrected chi connectivity index (χ4v) is 1.97. The summed E-state index contributed by atoms with van der Waals surface area (Å²) in [6.07, 6.45) is -0.811. The number of carbonyl (C=O) groups is 1. The van der Waals surface area contributed by atoms with E-state index in [1.165, 1.54) is 0 Å². The molecule has 0 saturated heterocycles. The number of halogens is 2. The van der Waals surface area contributed by atoms with Crippen molar-refractivity contribution in [1.82, 2.24) is 0 Å². The molecule has 22 heavy (non-hydrogen) atoms. The van der Waals surface area contributed by atoms with Gasteiger partial charge in [-0.15, -0.1) is 5.54 Å². The molecule has 0 aliphatic rings. The molecule has 0 aromatic heterocycles. The van der Waals surface area contributed by atoms with E-state index in [-0.39, 0.29) is 11.3 Å². The molecule has 3 nitrogen and oxygen atoms in total. The maximum atomic E-state index is 14.0. The first kappa shape index (κ1) is 18.2. The van der Waals surface area contributed by atoms with Crippen molar-refractivity contribution in [1.29, 1.82) is 0 Å². The molecule has 120 valence electrons. The van der Waals surface area contributed by atoms with Crippen LogP contribution in [0.3, 0.4) is 0 Å². The van der Waals surface area contributed by atoms with Crippen LogP contribution in [0.15, 0.2) is 12.1 Å². The van der Waals surface area contributed by atoms with Crippen LogP contribution in [0.5, 0.6) is 0 Å². The van der Waals surface area contributed by atoms with Crippen LogP contribution in [0, 0.1) is 23.1 Å². The lowest BCUT2D eigenvalue weighted by molar-refractivity contribution is 0.0635. The quantitative estimate of drug-likeness (QED) is 0.608. The van der Waals surface area contributed by atoms with Gasteiger partial charge in [0.05, 0.1) is 11.3 Å². The molecule has 0 aliphatic heterocycles. The summed E-state index contributed by atoms with van der Waals surface area (Å²) < 4.78 is 32.4. The van der Waals surface area contributed by atoms with Gasteiger partial charge in [0.2, 0.25) is 0 Å². The van der Waals surface area contributed by atoms with E-state index in [0.29, 0.717) is 6.07 Å². The van der Waals surface area contributed by atoms with Gasteiger partial charge in [0.25, 0.3) is 0 Å². The third-order valence-electron chi connectivity index (χ3n) is 2.25. The van der Waals surface area contributed by atoms with Crippen molar-refractivity contribution >= 4 is 19.9 Å². The highest BCUT2D eigenvalue weighted by Gasteiger charge is 2.19. The minimum absolute atomic E-state index is 0.103. The summed E-state index contributed by atoms with van der Waals surface area (Å²) in [5.74, 6) is 1.14. The zero-order valence-corrected chi connectivity index (χ0v) is 14.7. The van der Waals surface area contributed by atoms with E-state index in [0.717, 1.165) is 6.07 Å². The third kappa shape index (κ3) is 6.27. The molecule has 0 aliphatic carbocycles. The second-order valence-corrected chi connectivity index (χ2v) is 11.7. The van der Waals surface area contributed by atoms with Crippen molar-refractivity contribution in [2.75, 3.05) is 5.32 Å². The number of nitrogens with one attached hydrogen (secondary N) is 1. The number of hydrogen-bond acceptors (Lipinski definition) is 2. The van der Waals surface area contributed by atoms with Crippen LogP contribution in [0.2, 0.25) is 19.6 Å². The molecular weight excluding hydrogens is 304 g/mol. The molecule has 1 amide bonds. The van der Waals surface area contributed by atoms with Crippen molar-refractivity contribution in [2.45, 2.75) is 46.0 Å². The Kier molecular flexibility index (Phi) is 5.36. The molecule has 1 aromatic carbocycles. The number of anilines is 1. The number of benzene rings is 1. The Morgan fingerprint density at radius 2 is 1.82 bits per heavy atom. The molecule has 0 atom stereocenters. The van der Waals surface area contributed by atoms with E-state index in [2.05, 4.69) is 16.8 Å². The van der Waals surface area contributed by atoms with Crippen LogP contribution in [-0.4, -0.2) is 19.8 Å². The molecule has 1 rings (SSSR count). The smallest absolute Gasteiger partial charge is 0.412 e. The van der Waals surface area contributed by atoms with Crippen LogP contribution >= 0.6 is 0 Å². The molecule has 0 saturated carbocycles. The first-order chi connectivity index (χ1) is 9.87. The normalized spacial score (nSPS) is 11.5. The van der Waals surface area contributed by atoms with Gasteiger partial charge in [0.15, 0.2) is 5.82 Å². The molecule has 0 radical (unpaired) electrons. The molecule has 0 unspecified atom stereocenters. The minimum Gasteiger partial charge on any atom is -0.444 e. The van der Waals surface area contributed by atoms with Crippen molar-refractivity contribution in [3.05, 3.63) is 29.3 Å². The van der Waals surface area contributed by atoms with Gasteiger partial charge in [-0.05, 0) is 26.8 Å². The Hall–Kier alpha value is -1.87. The fraction of sp³-hybridized carbons (Fsp3) is 0.438. The predicted molar refractivity (Wildman–Crippen MR) is 86.4 cm³/mol. The first-order valence-electron chi connectivity index (χ1n) is 6.90. The lowest BCUT2D eigenvalue weighted by Gasteiger charge is -2.20. The lowest BCUT2D eigenvalue weighted by Crippen LogP contribution is -2.27. The highest BCUT2D eigenvalue weighted by Crippen LogP contribution is 2.22. The largest absolute Gasteiger partial charge is 0.444 e. The summed E-state index contributed by atoms with van der Waals surface area (Å²) in [5, 5.41) is 2.31. The Balaban J connectivity index is 3.17. The molecule has 1 N–H and O–H groups in total. The molecule has 0 bridgehead atoms. The SMILES string of the molecule is CC(C)(C)OC(=O)Nc1c(F)cc(F)cc1C#C[Si](C)(C)C. The summed E-state index contributed by atoms with van der Waals surface area (Å²) in [6.45, 7) is 11.1. The van der Waals surface area contributed by atoms with Crippen LogP contribution in [0.1, 0.15) is 26.3 Å². The van der Waals surface area contributed by atoms with Crippen molar-refractivity contribution < 1.29 is 18.3 Å². The molecule has 0 heterocycles. The Morgan fingerprint density at radius 3 is 2.32 bits per heavy atom. The Morgan fingerprint density at radius 1 is 1.23 bits per heavy atom. The van der Waals surface area contributed by atoms with Crippen LogP contribution < -0.4 is 5.32 Å². The van der Waals surface area contributed by atoms with Gasteiger partial charge in [-0.2, -0.15) is 0 Å². The predicted octanol–water partition coefficient (Wildman–Crippen LogP) is 4.54. The topological polar surface area (TPSA) is 38.3 Å². The summed E-state index contributed by atoms with van der Waals surface area (Å²) in [6, 6.07) is 1.80. The van der Waals surface area contributed by atoms with E-state index in [9.17, 15) is 13.6 Å². The number of carbonyl (C=O) groups excluding carboxylic acids is 1. The van der Waals surface area contributed by atoms with E-state index in [4.69, 9.17) is 4.74 Å². The van der Waals surface area contributed by atoms with Crippen molar-refractivity contribution in [3.8, 4) is 11.5 Å². The van der Waals surface area contributed by atoms with Gasteiger partial charge in [-0.3, -0.25) is 5.32 Å². The molecule has 1 aromatic rings. The second kappa shape index (κ2) is 6.49. The summed E-state index contributed by atoms with van der Waals surface area (Å²) in [5.41, 5.74) is 2.24. The van der Waals surface area contributed by atoms with Gasteiger partial charge in [0.1, 0.15) is 19.5 Å². The van der Waals surface area contributed by atoms with Gasteiger partial charge in [-0.25, -0.2) is 13.6 Å². The van der Waals surface area contributed by atoms with E-state index < -0.39 is 31.4 Å². The van der Waals surface area contributed by atoms with Gasteiger partial charge in [-0.1, -0.05) is 25.6 Å². The fourth-order valence-electron chi connectivity index (χ4n) is 1.46. The molecule has 6 heteroatoms. The Bertz CT molecular complexity index is 635. The first-order valence-corrected chi connectivity index (χ1v) is 10.4. The monoisotopic (exact) mass is 325 g/mol. The number of hydrogen-bond donors (Lipinski definition) is 1. The average molecular weight is 325 g/mol. The molecule has 0 spiro atoms. The number of ether oxygens (including phenoxy) is 1. The highest BCUT2D eigenvalue weighted by molar-refractivity contribution is 6.83. The Labute approximate surface area is 131 Å². The van der Waals surface area contributed by atoms with Crippen molar-refractivity contribution in [2.24, 2.45) is 0 Å². The zero-order chi connectivity index (χ0) is 17.1. The number of amides is 1. The average Bonchev–Trinajstić information content (AvgIpc) is 2.26. The van der Waals surface area contributed by atoms with Crippen LogP contribution in [-0.2, 0) is 4.74 Å². The van der Waals surface area contributed by atoms with Gasteiger partial charge in [0, 0.05) is 6.07 Å².